The lowest BCUT2D eigenvalue weighted by Crippen LogP contribution is -2.36. The second-order valence-corrected chi connectivity index (χ2v) is 8.18. The van der Waals surface area contributed by atoms with Crippen molar-refractivity contribution < 1.29 is 13.3 Å². The summed E-state index contributed by atoms with van der Waals surface area (Å²) in [6.45, 7) is 5.28. The van der Waals surface area contributed by atoms with Crippen LogP contribution in [0.1, 0.15) is 23.6 Å². The highest BCUT2D eigenvalue weighted by Crippen LogP contribution is 2.27. The van der Waals surface area contributed by atoms with Gasteiger partial charge >= 0.3 is 0 Å². The number of nitro groups is 1. The van der Waals surface area contributed by atoms with E-state index in [-0.39, 0.29) is 22.2 Å². The minimum Gasteiger partial charge on any atom is -0.258 e. The smallest absolute Gasteiger partial charge is 0.258 e. The Morgan fingerprint density at radius 3 is 2.28 bits per heavy atom. The molecule has 1 atom stereocenters. The number of likely N-dealkylation sites (N-methyl/N-ethyl adjacent to an activating group) is 1. The topological polar surface area (TPSA) is 80.5 Å². The summed E-state index contributed by atoms with van der Waals surface area (Å²) in [4.78, 5) is 10.5. The summed E-state index contributed by atoms with van der Waals surface area (Å²) in [5, 5.41) is 11.1. The van der Waals surface area contributed by atoms with E-state index in [1.54, 1.807) is 0 Å². The van der Waals surface area contributed by atoms with Gasteiger partial charge in [-0.25, -0.2) is 8.42 Å². The van der Waals surface area contributed by atoms with E-state index in [0.717, 1.165) is 11.1 Å². The highest BCUT2D eigenvalue weighted by Gasteiger charge is 2.29. The molecule has 0 saturated heterocycles. The Kier molecular flexibility index (Phi) is 5.59. The van der Waals surface area contributed by atoms with Crippen LogP contribution in [0.3, 0.4) is 0 Å². The Labute approximate surface area is 148 Å². The predicted octanol–water partition coefficient (Wildman–Crippen LogP) is 3.46. The molecule has 7 heteroatoms. The van der Waals surface area contributed by atoms with Crippen molar-refractivity contribution >= 4 is 15.7 Å². The molecule has 2 aromatic carbocycles. The molecule has 0 fully saturated rings. The SMILES string of the molecule is Cc1ccc(CC(C)N(C)S(=O)(=O)c2cccc([N+](=O)[O-])c2C)cc1. The quantitative estimate of drug-likeness (QED) is 0.582. The predicted molar refractivity (Wildman–Crippen MR) is 97.1 cm³/mol. The average Bonchev–Trinajstić information content (AvgIpc) is 2.55. The monoisotopic (exact) mass is 362 g/mol. The molecule has 0 bridgehead atoms. The fourth-order valence-electron chi connectivity index (χ4n) is 2.67. The second-order valence-electron chi connectivity index (χ2n) is 6.22. The molecule has 0 aliphatic carbocycles. The van der Waals surface area contributed by atoms with Crippen LogP contribution in [0.4, 0.5) is 5.69 Å². The van der Waals surface area contributed by atoms with Gasteiger partial charge in [0.05, 0.1) is 9.82 Å². The number of rotatable bonds is 6. The van der Waals surface area contributed by atoms with Crippen LogP contribution in [0.5, 0.6) is 0 Å². The van der Waals surface area contributed by atoms with E-state index in [1.165, 1.54) is 36.5 Å². The first-order valence-electron chi connectivity index (χ1n) is 7.92. The van der Waals surface area contributed by atoms with Gasteiger partial charge in [0.15, 0.2) is 0 Å². The van der Waals surface area contributed by atoms with Crippen LogP contribution in [0.25, 0.3) is 0 Å². The molecular formula is C18H22N2O4S. The molecule has 2 aromatic rings. The number of nitrogens with zero attached hydrogens (tertiary/aromatic N) is 2. The van der Waals surface area contributed by atoms with E-state index in [4.69, 9.17) is 0 Å². The summed E-state index contributed by atoms with van der Waals surface area (Å²) >= 11 is 0. The largest absolute Gasteiger partial charge is 0.273 e. The number of nitro benzene ring substituents is 1. The van der Waals surface area contributed by atoms with E-state index in [0.29, 0.717) is 6.42 Å². The van der Waals surface area contributed by atoms with Gasteiger partial charge in [0.1, 0.15) is 0 Å². The van der Waals surface area contributed by atoms with Crippen molar-refractivity contribution in [3.05, 3.63) is 69.3 Å². The van der Waals surface area contributed by atoms with Gasteiger partial charge in [-0.15, -0.1) is 0 Å². The summed E-state index contributed by atoms with van der Waals surface area (Å²) in [5.41, 5.74) is 2.14. The third-order valence-electron chi connectivity index (χ3n) is 4.38. The third-order valence-corrected chi connectivity index (χ3v) is 6.50. The summed E-state index contributed by atoms with van der Waals surface area (Å²) in [6, 6.07) is 11.8. The third kappa shape index (κ3) is 4.05. The Hall–Kier alpha value is -2.25. The van der Waals surface area contributed by atoms with E-state index in [9.17, 15) is 18.5 Å². The van der Waals surface area contributed by atoms with E-state index >= 15 is 0 Å². The number of benzene rings is 2. The van der Waals surface area contributed by atoms with Crippen LogP contribution in [-0.4, -0.2) is 30.7 Å². The van der Waals surface area contributed by atoms with Crippen molar-refractivity contribution in [2.24, 2.45) is 0 Å². The maximum absolute atomic E-state index is 12.9. The molecule has 1 unspecified atom stereocenters. The Morgan fingerprint density at radius 2 is 1.72 bits per heavy atom. The zero-order valence-corrected chi connectivity index (χ0v) is 15.6. The maximum atomic E-state index is 12.9. The van der Waals surface area contributed by atoms with Crippen molar-refractivity contribution in [1.82, 2.24) is 4.31 Å². The molecule has 0 amide bonds. The van der Waals surface area contributed by atoms with Crippen LogP contribution in [0.2, 0.25) is 0 Å². The molecule has 0 spiro atoms. The van der Waals surface area contributed by atoms with Crippen LogP contribution in [0, 0.1) is 24.0 Å². The molecular weight excluding hydrogens is 340 g/mol. The van der Waals surface area contributed by atoms with Crippen LogP contribution >= 0.6 is 0 Å². The molecule has 0 heterocycles. The van der Waals surface area contributed by atoms with Crippen molar-refractivity contribution in [1.29, 1.82) is 0 Å². The van der Waals surface area contributed by atoms with Gasteiger partial charge in [-0.1, -0.05) is 35.9 Å². The molecule has 0 aromatic heterocycles. The van der Waals surface area contributed by atoms with Crippen molar-refractivity contribution in [3.8, 4) is 0 Å². The van der Waals surface area contributed by atoms with Gasteiger partial charge in [0, 0.05) is 24.7 Å². The van der Waals surface area contributed by atoms with Crippen molar-refractivity contribution in [3.63, 3.8) is 0 Å². The van der Waals surface area contributed by atoms with Crippen LogP contribution in [-0.2, 0) is 16.4 Å². The van der Waals surface area contributed by atoms with Gasteiger partial charge in [-0.05, 0) is 38.8 Å². The first-order chi connectivity index (χ1) is 11.6. The first kappa shape index (κ1) is 19.1. The average molecular weight is 362 g/mol. The van der Waals surface area contributed by atoms with E-state index < -0.39 is 14.9 Å². The number of hydrogen-bond donors (Lipinski definition) is 0. The zero-order valence-electron chi connectivity index (χ0n) is 14.8. The van der Waals surface area contributed by atoms with Crippen molar-refractivity contribution in [2.45, 2.75) is 38.1 Å². The second kappa shape index (κ2) is 7.33. The number of sulfonamides is 1. The summed E-state index contributed by atoms with van der Waals surface area (Å²) in [5.74, 6) is 0. The minimum atomic E-state index is -3.82. The molecule has 134 valence electrons. The maximum Gasteiger partial charge on any atom is 0.273 e. The summed E-state index contributed by atoms with van der Waals surface area (Å²) < 4.78 is 27.1. The molecule has 0 N–H and O–H groups in total. The Balaban J connectivity index is 2.31. The summed E-state index contributed by atoms with van der Waals surface area (Å²) in [6.07, 6.45) is 0.560. The fraction of sp³-hybridized carbons (Fsp3) is 0.333. The van der Waals surface area contributed by atoms with Gasteiger partial charge in [0.2, 0.25) is 10.0 Å². The molecule has 0 radical (unpaired) electrons. The van der Waals surface area contributed by atoms with Crippen LogP contribution < -0.4 is 0 Å². The normalized spacial score (nSPS) is 13.0. The summed E-state index contributed by atoms with van der Waals surface area (Å²) in [7, 11) is -2.32. The number of hydrogen-bond acceptors (Lipinski definition) is 4. The molecule has 0 saturated carbocycles. The lowest BCUT2D eigenvalue weighted by atomic mass is 10.1. The van der Waals surface area contributed by atoms with Gasteiger partial charge in [0.25, 0.3) is 5.69 Å². The van der Waals surface area contributed by atoms with Crippen molar-refractivity contribution in [2.75, 3.05) is 7.05 Å². The molecule has 25 heavy (non-hydrogen) atoms. The molecule has 0 aliphatic heterocycles. The molecule has 2 rings (SSSR count). The first-order valence-corrected chi connectivity index (χ1v) is 9.36. The Bertz CT molecular complexity index is 876. The van der Waals surface area contributed by atoms with E-state index in [2.05, 4.69) is 0 Å². The minimum absolute atomic E-state index is 0.0278. The standard InChI is InChI=1S/C18H22N2O4S/c1-13-8-10-16(11-9-13)12-14(2)19(4)25(23,24)18-7-5-6-17(15(18)3)20(21)22/h5-11,14H,12H2,1-4H3. The van der Waals surface area contributed by atoms with Crippen LogP contribution in [0.15, 0.2) is 47.4 Å². The van der Waals surface area contributed by atoms with Gasteiger partial charge in [-0.3, -0.25) is 10.1 Å². The van der Waals surface area contributed by atoms with Gasteiger partial charge in [-0.2, -0.15) is 4.31 Å². The molecule has 6 nitrogen and oxygen atoms in total. The molecule has 0 aliphatic rings. The number of aryl methyl sites for hydroxylation is 1. The van der Waals surface area contributed by atoms with E-state index in [1.807, 2.05) is 38.1 Å². The highest BCUT2D eigenvalue weighted by molar-refractivity contribution is 7.89. The zero-order chi connectivity index (χ0) is 18.8. The highest BCUT2D eigenvalue weighted by atomic mass is 32.2. The fourth-order valence-corrected chi connectivity index (χ4v) is 4.27. The lowest BCUT2D eigenvalue weighted by Gasteiger charge is -2.25. The lowest BCUT2D eigenvalue weighted by molar-refractivity contribution is -0.385. The van der Waals surface area contributed by atoms with Gasteiger partial charge < -0.3 is 0 Å². The Morgan fingerprint density at radius 1 is 1.12 bits per heavy atom.